The second-order valence-corrected chi connectivity index (χ2v) is 8.77. The Labute approximate surface area is 209 Å². The van der Waals surface area contributed by atoms with Gasteiger partial charge in [0.25, 0.3) is 5.56 Å². The number of aromatic amines is 1. The number of H-pyrrole nitrogens is 1. The van der Waals surface area contributed by atoms with E-state index in [-0.39, 0.29) is 24.2 Å². The lowest BCUT2D eigenvalue weighted by molar-refractivity contribution is -0.0582. The van der Waals surface area contributed by atoms with Crippen molar-refractivity contribution >= 4 is 35.1 Å². The van der Waals surface area contributed by atoms with Gasteiger partial charge in [-0.15, -0.1) is 0 Å². The fraction of sp³-hybridized carbons (Fsp3) is 0.250. The van der Waals surface area contributed by atoms with Crippen LogP contribution < -0.4 is 11.2 Å². The number of rotatable bonds is 6. The van der Waals surface area contributed by atoms with Crippen molar-refractivity contribution in [3.63, 3.8) is 0 Å². The second-order valence-electron chi connectivity index (χ2n) is 7.90. The molecule has 0 radical (unpaired) electrons. The predicted molar refractivity (Wildman–Crippen MR) is 127 cm³/mol. The fourth-order valence-electron chi connectivity index (χ4n) is 3.56. The van der Waals surface area contributed by atoms with Gasteiger partial charge in [0, 0.05) is 28.2 Å². The van der Waals surface area contributed by atoms with Crippen LogP contribution in [0.5, 0.6) is 0 Å². The molecule has 182 valence electrons. The summed E-state index contributed by atoms with van der Waals surface area (Å²) in [5.41, 5.74) is -0.325. The molecular weight excluding hydrogens is 499 g/mol. The van der Waals surface area contributed by atoms with Crippen molar-refractivity contribution in [3.05, 3.63) is 102 Å². The molecule has 0 unspecified atom stereocenters. The number of hydrogen-bond donors (Lipinski definition) is 1. The molecule has 4 rings (SSSR count). The molecule has 0 saturated carbocycles. The number of ether oxygens (including phenoxy) is 3. The average molecular weight is 519 g/mol. The number of carbonyl (C=O) groups excluding carboxylic acids is 2. The Morgan fingerprint density at radius 2 is 1.57 bits per heavy atom. The third-order valence-corrected chi connectivity index (χ3v) is 5.94. The van der Waals surface area contributed by atoms with Gasteiger partial charge >= 0.3 is 17.6 Å². The van der Waals surface area contributed by atoms with Crippen molar-refractivity contribution in [2.75, 3.05) is 6.61 Å². The molecule has 1 aliphatic heterocycles. The molecule has 0 bridgehead atoms. The molecule has 2 heterocycles. The number of aromatic nitrogens is 2. The molecule has 1 fully saturated rings. The molecular formula is C24H20Cl2N2O7. The van der Waals surface area contributed by atoms with Crippen LogP contribution in [-0.2, 0) is 14.2 Å². The lowest BCUT2D eigenvalue weighted by Gasteiger charge is -2.19. The predicted octanol–water partition coefficient (Wildman–Crippen LogP) is 3.52. The maximum atomic E-state index is 12.7. The smallest absolute Gasteiger partial charge is 0.338 e. The Hall–Kier alpha value is -3.40. The fourth-order valence-corrected chi connectivity index (χ4v) is 3.82. The van der Waals surface area contributed by atoms with Gasteiger partial charge in [-0.3, -0.25) is 14.3 Å². The number of nitrogens with one attached hydrogen (secondary N) is 1. The molecule has 0 spiro atoms. The molecule has 1 saturated heterocycles. The van der Waals surface area contributed by atoms with Crippen LogP contribution in [0.4, 0.5) is 0 Å². The first-order valence-electron chi connectivity index (χ1n) is 10.6. The Morgan fingerprint density at radius 1 is 1.00 bits per heavy atom. The molecule has 9 nitrogen and oxygen atoms in total. The van der Waals surface area contributed by atoms with Crippen LogP contribution in [0.15, 0.2) is 64.3 Å². The van der Waals surface area contributed by atoms with Crippen molar-refractivity contribution in [2.45, 2.75) is 31.8 Å². The summed E-state index contributed by atoms with van der Waals surface area (Å²) < 4.78 is 18.2. The highest BCUT2D eigenvalue weighted by atomic mass is 35.5. The lowest BCUT2D eigenvalue weighted by atomic mass is 10.1. The zero-order valence-electron chi connectivity index (χ0n) is 18.4. The van der Waals surface area contributed by atoms with E-state index in [1.54, 1.807) is 31.2 Å². The first-order chi connectivity index (χ1) is 16.7. The summed E-state index contributed by atoms with van der Waals surface area (Å²) in [6.45, 7) is 1.31. The first kappa shape index (κ1) is 24.7. The van der Waals surface area contributed by atoms with E-state index >= 15 is 0 Å². The largest absolute Gasteiger partial charge is 0.459 e. The minimum Gasteiger partial charge on any atom is -0.459 e. The number of halogens is 2. The third-order valence-electron chi connectivity index (χ3n) is 5.43. The van der Waals surface area contributed by atoms with Gasteiger partial charge in [0.1, 0.15) is 25.0 Å². The summed E-state index contributed by atoms with van der Waals surface area (Å²) in [6, 6.07) is 12.3. The summed E-state index contributed by atoms with van der Waals surface area (Å²) in [7, 11) is 0. The highest BCUT2D eigenvalue weighted by Gasteiger charge is 2.40. The van der Waals surface area contributed by atoms with Crippen molar-refractivity contribution in [2.24, 2.45) is 0 Å². The minimum atomic E-state index is -0.869. The highest BCUT2D eigenvalue weighted by molar-refractivity contribution is 6.31. The molecule has 3 atom stereocenters. The van der Waals surface area contributed by atoms with Crippen molar-refractivity contribution in [3.8, 4) is 0 Å². The molecule has 3 aromatic rings. The Morgan fingerprint density at radius 3 is 2.17 bits per heavy atom. The minimum absolute atomic E-state index is 0.0912. The third kappa shape index (κ3) is 5.82. The first-order valence-corrected chi connectivity index (χ1v) is 11.3. The zero-order valence-corrected chi connectivity index (χ0v) is 19.9. The number of aryl methyl sites for hydroxylation is 1. The topological polar surface area (TPSA) is 117 Å². The van der Waals surface area contributed by atoms with Crippen LogP contribution in [-0.4, -0.2) is 40.3 Å². The van der Waals surface area contributed by atoms with E-state index in [0.29, 0.717) is 15.6 Å². The van der Waals surface area contributed by atoms with Gasteiger partial charge in [-0.05, 0) is 55.5 Å². The monoisotopic (exact) mass is 518 g/mol. The van der Waals surface area contributed by atoms with E-state index < -0.39 is 41.6 Å². The maximum absolute atomic E-state index is 12.7. The van der Waals surface area contributed by atoms with E-state index in [1.807, 2.05) is 0 Å². The summed E-state index contributed by atoms with van der Waals surface area (Å²) in [6.07, 6.45) is -1.12. The van der Waals surface area contributed by atoms with Gasteiger partial charge in [-0.1, -0.05) is 23.2 Å². The lowest BCUT2D eigenvalue weighted by Crippen LogP contribution is -2.33. The van der Waals surface area contributed by atoms with Crippen LogP contribution in [0.25, 0.3) is 0 Å². The number of esters is 2. The second kappa shape index (κ2) is 10.5. The number of carbonyl (C=O) groups is 2. The summed E-state index contributed by atoms with van der Waals surface area (Å²) >= 11 is 11.7. The summed E-state index contributed by atoms with van der Waals surface area (Å²) in [5, 5.41) is 0.935. The summed E-state index contributed by atoms with van der Waals surface area (Å²) in [5.74, 6) is -1.25. The molecule has 0 amide bonds. The van der Waals surface area contributed by atoms with Gasteiger partial charge in [-0.2, -0.15) is 0 Å². The van der Waals surface area contributed by atoms with Gasteiger partial charge in [0.05, 0.1) is 11.1 Å². The zero-order chi connectivity index (χ0) is 25.1. The molecule has 1 aliphatic rings. The molecule has 1 N–H and O–H groups in total. The summed E-state index contributed by atoms with van der Waals surface area (Å²) in [4.78, 5) is 51.5. The molecule has 2 aromatic carbocycles. The van der Waals surface area contributed by atoms with Crippen LogP contribution in [0.3, 0.4) is 0 Å². The normalized spacial score (nSPS) is 19.3. The van der Waals surface area contributed by atoms with E-state index in [9.17, 15) is 19.2 Å². The van der Waals surface area contributed by atoms with E-state index in [1.165, 1.54) is 35.0 Å². The van der Waals surface area contributed by atoms with Gasteiger partial charge in [-0.25, -0.2) is 14.4 Å². The highest BCUT2D eigenvalue weighted by Crippen LogP contribution is 2.31. The molecule has 11 heteroatoms. The Balaban J connectivity index is 1.53. The molecule has 1 aromatic heterocycles. The van der Waals surface area contributed by atoms with Gasteiger partial charge in [0.2, 0.25) is 0 Å². The van der Waals surface area contributed by atoms with Gasteiger partial charge < -0.3 is 14.2 Å². The van der Waals surface area contributed by atoms with Crippen molar-refractivity contribution < 1.29 is 23.8 Å². The standard InChI is InChI=1S/C24H20Cl2N2O7/c1-13-11-28(24(32)27-21(13)29)20-10-18(35-23(31)15-4-8-17(26)9-5-15)19(34-20)12-33-22(30)14-2-6-16(25)7-3-14/h2-9,11,18-20H,10,12H2,1H3,(H,27,29,32)/t18-,19+,20+/m0/s1. The van der Waals surface area contributed by atoms with E-state index in [2.05, 4.69) is 4.98 Å². The quantitative estimate of drug-likeness (QED) is 0.496. The molecule has 35 heavy (non-hydrogen) atoms. The van der Waals surface area contributed by atoms with Crippen molar-refractivity contribution in [1.82, 2.24) is 9.55 Å². The Kier molecular flexibility index (Phi) is 7.39. The Bertz CT molecular complexity index is 1350. The van der Waals surface area contributed by atoms with Crippen LogP contribution in [0.2, 0.25) is 10.0 Å². The van der Waals surface area contributed by atoms with Crippen LogP contribution in [0.1, 0.15) is 38.9 Å². The molecule has 0 aliphatic carbocycles. The van der Waals surface area contributed by atoms with Crippen LogP contribution in [0, 0.1) is 6.92 Å². The van der Waals surface area contributed by atoms with E-state index in [4.69, 9.17) is 37.4 Å². The average Bonchev–Trinajstić information content (AvgIpc) is 3.22. The maximum Gasteiger partial charge on any atom is 0.338 e. The number of hydrogen-bond acceptors (Lipinski definition) is 7. The van der Waals surface area contributed by atoms with E-state index in [0.717, 1.165) is 0 Å². The van der Waals surface area contributed by atoms with Crippen LogP contribution >= 0.6 is 23.2 Å². The van der Waals surface area contributed by atoms with Gasteiger partial charge in [0.15, 0.2) is 0 Å². The van der Waals surface area contributed by atoms with Crippen molar-refractivity contribution in [1.29, 1.82) is 0 Å². The SMILES string of the molecule is Cc1cn([C@H]2C[C@H](OC(=O)c3ccc(Cl)cc3)[C@@H](COC(=O)c3ccc(Cl)cc3)O2)c(=O)[nH]c1=O. The number of benzene rings is 2. The number of nitrogens with zero attached hydrogens (tertiary/aromatic N) is 1.